The average molecular weight is 461 g/mol. The zero-order chi connectivity index (χ0) is 22.2. The molecule has 6 nitrogen and oxygen atoms in total. The minimum absolute atomic E-state index is 0.0667. The van der Waals surface area contributed by atoms with E-state index < -0.39 is 5.82 Å². The molecule has 1 aliphatic rings. The molecule has 1 atom stereocenters. The molecule has 0 bridgehead atoms. The summed E-state index contributed by atoms with van der Waals surface area (Å²) in [5.74, 6) is -0.109. The van der Waals surface area contributed by atoms with Crippen molar-refractivity contribution in [3.8, 4) is 11.5 Å². The van der Waals surface area contributed by atoms with E-state index in [1.54, 1.807) is 31.3 Å². The maximum Gasteiger partial charge on any atom is 0.246 e. The summed E-state index contributed by atoms with van der Waals surface area (Å²) >= 11 is 6.12. The highest BCUT2D eigenvalue weighted by Gasteiger charge is 2.18. The lowest BCUT2D eigenvalue weighted by Crippen LogP contribution is -2.46. The fourth-order valence-corrected chi connectivity index (χ4v) is 3.77. The van der Waals surface area contributed by atoms with Crippen molar-refractivity contribution in [2.45, 2.75) is 12.5 Å². The number of aldehydes is 1. The fourth-order valence-electron chi connectivity index (χ4n) is 2.92. The Bertz CT molecular complexity index is 996. The Morgan fingerprint density at radius 1 is 1.35 bits per heavy atom. The van der Waals surface area contributed by atoms with Crippen LogP contribution in [0.25, 0.3) is 6.08 Å². The molecule has 0 radical (unpaired) electrons. The van der Waals surface area contributed by atoms with Gasteiger partial charge in [0, 0.05) is 7.05 Å². The maximum absolute atomic E-state index is 14.5. The first kappa shape index (κ1) is 22.9. The molecule has 1 saturated heterocycles. The molecule has 2 N–H and O–H groups in total. The number of morpholine rings is 1. The molecular weight excluding hydrogens is 439 g/mol. The number of amides is 1. The molecule has 2 aromatic carbocycles. The van der Waals surface area contributed by atoms with Gasteiger partial charge in [0.25, 0.3) is 0 Å². The Balaban J connectivity index is 1.64. The van der Waals surface area contributed by atoms with Crippen LogP contribution in [0.1, 0.15) is 11.1 Å². The van der Waals surface area contributed by atoms with Gasteiger partial charge >= 0.3 is 0 Å². The third-order valence-electron chi connectivity index (χ3n) is 4.35. The van der Waals surface area contributed by atoms with E-state index >= 15 is 0 Å². The molecule has 162 valence electrons. The number of rotatable bonds is 7. The van der Waals surface area contributed by atoms with Crippen molar-refractivity contribution in [3.63, 3.8) is 0 Å². The van der Waals surface area contributed by atoms with Gasteiger partial charge < -0.3 is 20.1 Å². The van der Waals surface area contributed by atoms with Crippen LogP contribution < -0.4 is 15.4 Å². The van der Waals surface area contributed by atoms with Crippen LogP contribution in [0.2, 0.25) is 0 Å². The number of thiocarbonyl (C=S) groups is 1. The monoisotopic (exact) mass is 460 g/mol. The second-order valence-corrected chi connectivity index (χ2v) is 8.47. The molecular formula is C22H21FN2O4S2. The summed E-state index contributed by atoms with van der Waals surface area (Å²) in [6.45, 7) is 0.573. The largest absolute Gasteiger partial charge is 0.454 e. The van der Waals surface area contributed by atoms with Crippen LogP contribution in [-0.4, -0.2) is 42.8 Å². The molecule has 0 spiro atoms. The number of halogens is 1. The summed E-state index contributed by atoms with van der Waals surface area (Å²) in [6.07, 6.45) is 2.86. The molecule has 0 aromatic heterocycles. The zero-order valence-corrected chi connectivity index (χ0v) is 18.4. The Hall–Kier alpha value is -2.75. The van der Waals surface area contributed by atoms with E-state index in [9.17, 15) is 14.0 Å². The van der Waals surface area contributed by atoms with Gasteiger partial charge in [-0.25, -0.2) is 4.39 Å². The number of hydrogen-bond acceptors (Lipinski definition) is 6. The summed E-state index contributed by atoms with van der Waals surface area (Å²) in [5.41, 5.74) is 1.52. The summed E-state index contributed by atoms with van der Waals surface area (Å²) < 4.78 is 25.8. The van der Waals surface area contributed by atoms with Crippen molar-refractivity contribution in [3.05, 3.63) is 64.3 Å². The number of carbonyl (C=O) groups is 2. The van der Waals surface area contributed by atoms with Gasteiger partial charge in [0.2, 0.25) is 5.91 Å². The average Bonchev–Trinajstić information content (AvgIpc) is 2.76. The van der Waals surface area contributed by atoms with E-state index in [0.717, 1.165) is 17.3 Å². The molecule has 1 amide bonds. The van der Waals surface area contributed by atoms with Gasteiger partial charge in [0.1, 0.15) is 16.7 Å². The van der Waals surface area contributed by atoms with Crippen LogP contribution in [0.4, 0.5) is 4.39 Å². The highest BCUT2D eigenvalue weighted by molar-refractivity contribution is 8.26. The molecule has 2 aromatic rings. The first-order chi connectivity index (χ1) is 15.0. The second-order valence-electron chi connectivity index (χ2n) is 6.72. The third-order valence-corrected chi connectivity index (χ3v) is 5.64. The highest BCUT2D eigenvalue weighted by atomic mass is 32.2. The van der Waals surface area contributed by atoms with Crippen LogP contribution in [-0.2, 0) is 20.7 Å². The van der Waals surface area contributed by atoms with Gasteiger partial charge in [-0.15, -0.1) is 0 Å². The predicted octanol–water partition coefficient (Wildman–Crippen LogP) is 3.45. The number of carbonyl (C=O) groups excluding carboxylic acids is 2. The molecule has 3 rings (SSSR count). The van der Waals surface area contributed by atoms with Gasteiger partial charge in [0.15, 0.2) is 17.9 Å². The minimum Gasteiger partial charge on any atom is -0.454 e. The Kier molecular flexibility index (Phi) is 8.16. The lowest BCUT2D eigenvalue weighted by atomic mass is 10.1. The van der Waals surface area contributed by atoms with Crippen molar-refractivity contribution >= 4 is 46.6 Å². The van der Waals surface area contributed by atoms with Crippen LogP contribution in [0.5, 0.6) is 11.5 Å². The third kappa shape index (κ3) is 6.88. The number of ether oxygens (including phenoxy) is 2. The zero-order valence-electron chi connectivity index (χ0n) is 16.7. The van der Waals surface area contributed by atoms with Crippen molar-refractivity contribution in [1.82, 2.24) is 10.6 Å². The first-order valence-electron chi connectivity index (χ1n) is 9.46. The van der Waals surface area contributed by atoms with Crippen molar-refractivity contribution < 1.29 is 23.5 Å². The van der Waals surface area contributed by atoms with Gasteiger partial charge in [-0.1, -0.05) is 42.2 Å². The first-order valence-corrected chi connectivity index (χ1v) is 10.7. The Morgan fingerprint density at radius 3 is 2.77 bits per heavy atom. The van der Waals surface area contributed by atoms with E-state index in [-0.39, 0.29) is 24.3 Å². The van der Waals surface area contributed by atoms with Gasteiger partial charge in [0.05, 0.1) is 17.6 Å². The summed E-state index contributed by atoms with van der Waals surface area (Å²) in [7, 11) is 1.67. The number of hydrogen-bond donors (Lipinski definition) is 2. The van der Waals surface area contributed by atoms with Gasteiger partial charge in [-0.2, -0.15) is 0 Å². The summed E-state index contributed by atoms with van der Waals surface area (Å²) in [6, 6.07) is 11.6. The molecule has 1 unspecified atom stereocenters. The van der Waals surface area contributed by atoms with Crippen LogP contribution in [0.15, 0.2) is 47.4 Å². The van der Waals surface area contributed by atoms with Gasteiger partial charge in [-0.3, -0.25) is 9.59 Å². The fraction of sp³-hybridized carbons (Fsp3) is 0.227. The van der Waals surface area contributed by atoms with E-state index in [0.29, 0.717) is 39.9 Å². The molecule has 1 aliphatic heterocycles. The molecule has 1 fully saturated rings. The predicted molar refractivity (Wildman–Crippen MR) is 123 cm³/mol. The minimum atomic E-state index is -0.550. The lowest BCUT2D eigenvalue weighted by Gasteiger charge is -2.23. The topological polar surface area (TPSA) is 76.7 Å². The van der Waals surface area contributed by atoms with Crippen LogP contribution in [0.3, 0.4) is 0 Å². The van der Waals surface area contributed by atoms with Crippen LogP contribution >= 0.6 is 24.0 Å². The number of benzene rings is 2. The summed E-state index contributed by atoms with van der Waals surface area (Å²) in [5, 5.41) is 5.65. The SMILES string of the molecule is CNC(=S)S/C(C=O)=C\c1ccc(Oc2ccc(CC3COCC(=O)N3)cc2)c(F)c1. The van der Waals surface area contributed by atoms with Gasteiger partial charge in [-0.05, 0) is 47.9 Å². The Labute approximate surface area is 189 Å². The number of nitrogens with one attached hydrogen (secondary N) is 2. The Morgan fingerprint density at radius 2 is 2.13 bits per heavy atom. The summed E-state index contributed by atoms with van der Waals surface area (Å²) in [4.78, 5) is 23.0. The van der Waals surface area contributed by atoms with E-state index in [1.807, 2.05) is 12.1 Å². The quantitative estimate of drug-likeness (QED) is 0.372. The standard InChI is InChI=1S/C22H21FN2O4S2/c1-24-22(30)31-18(11-26)9-15-4-7-20(19(23)10-15)29-17-5-2-14(3-6-17)8-16-12-28-13-21(27)25-16/h2-7,9-11,16H,8,12-13H2,1H3,(H,24,30)(H,25,27)/b18-9-. The number of thioether (sulfide) groups is 1. The van der Waals surface area contributed by atoms with Crippen molar-refractivity contribution in [2.75, 3.05) is 20.3 Å². The highest BCUT2D eigenvalue weighted by Crippen LogP contribution is 2.27. The molecule has 31 heavy (non-hydrogen) atoms. The van der Waals surface area contributed by atoms with Crippen molar-refractivity contribution in [1.29, 1.82) is 0 Å². The maximum atomic E-state index is 14.5. The molecule has 1 heterocycles. The van der Waals surface area contributed by atoms with Crippen molar-refractivity contribution in [2.24, 2.45) is 0 Å². The number of allylic oxidation sites excluding steroid dienone is 1. The normalized spacial score (nSPS) is 16.4. The van der Waals surface area contributed by atoms with Crippen LogP contribution in [0, 0.1) is 5.82 Å². The van der Waals surface area contributed by atoms with E-state index in [2.05, 4.69) is 10.6 Å². The lowest BCUT2D eigenvalue weighted by molar-refractivity contribution is -0.131. The molecule has 0 saturated carbocycles. The smallest absolute Gasteiger partial charge is 0.246 e. The van der Waals surface area contributed by atoms with E-state index in [1.165, 1.54) is 12.1 Å². The molecule has 9 heteroatoms. The van der Waals surface area contributed by atoms with E-state index in [4.69, 9.17) is 21.7 Å². The molecule has 0 aliphatic carbocycles. The second kappa shape index (κ2) is 11.0.